The van der Waals surface area contributed by atoms with E-state index in [9.17, 15) is 0 Å². The van der Waals surface area contributed by atoms with E-state index < -0.39 is 0 Å². The lowest BCUT2D eigenvalue weighted by Crippen LogP contribution is -1.81. The molecule has 0 saturated carbocycles. The van der Waals surface area contributed by atoms with Crippen molar-refractivity contribution in [3.05, 3.63) is 23.6 Å². The molecule has 2 heterocycles. The zero-order valence-electron chi connectivity index (χ0n) is 7.54. The van der Waals surface area contributed by atoms with Crippen molar-refractivity contribution in [1.29, 1.82) is 0 Å². The van der Waals surface area contributed by atoms with Crippen LogP contribution >= 0.6 is 22.9 Å². The van der Waals surface area contributed by atoms with Crippen LogP contribution in [-0.2, 0) is 0 Å². The summed E-state index contributed by atoms with van der Waals surface area (Å²) in [5.41, 5.74) is 8.25. The summed E-state index contributed by atoms with van der Waals surface area (Å²) in [6.07, 6.45) is 0. The number of hydrogen-bond donors (Lipinski definition) is 1. The molecule has 0 fully saturated rings. The van der Waals surface area contributed by atoms with Gasteiger partial charge in [-0.1, -0.05) is 4.49 Å². The molecule has 6 heteroatoms. The van der Waals surface area contributed by atoms with Crippen molar-refractivity contribution >= 4 is 38.8 Å². The molecule has 3 rings (SSSR count). The number of thiazole rings is 1. The number of nitrogens with two attached hydrogens (primary N) is 1. The third-order valence-corrected chi connectivity index (χ3v) is 3.54. The molecule has 0 saturated heterocycles. The average molecular weight is 234 g/mol. The van der Waals surface area contributed by atoms with Gasteiger partial charge in [-0.25, -0.2) is 4.98 Å². The second-order valence-electron chi connectivity index (χ2n) is 3.04. The molecule has 2 N–H and O–H groups in total. The van der Waals surface area contributed by atoms with Crippen LogP contribution in [0.5, 0.6) is 0 Å². The predicted molar refractivity (Wildman–Crippen MR) is 62.9 cm³/mol. The number of hydrogen-bond acceptors (Lipinski definition) is 6. The van der Waals surface area contributed by atoms with E-state index in [4.69, 9.17) is 5.73 Å². The van der Waals surface area contributed by atoms with E-state index in [1.54, 1.807) is 11.3 Å². The van der Waals surface area contributed by atoms with Gasteiger partial charge >= 0.3 is 0 Å². The van der Waals surface area contributed by atoms with E-state index in [1.807, 2.05) is 23.6 Å². The highest BCUT2D eigenvalue weighted by Gasteiger charge is 2.08. The Balaban J connectivity index is 2.22. The summed E-state index contributed by atoms with van der Waals surface area (Å²) in [4.78, 5) is 4.46. The maximum Gasteiger partial charge on any atom is 0.145 e. The Bertz CT molecular complexity index is 600. The summed E-state index contributed by atoms with van der Waals surface area (Å²) < 4.78 is 4.90. The Morgan fingerprint density at radius 3 is 3.00 bits per heavy atom. The molecule has 4 nitrogen and oxygen atoms in total. The first-order valence-corrected chi connectivity index (χ1v) is 5.92. The van der Waals surface area contributed by atoms with E-state index in [-0.39, 0.29) is 0 Å². The monoisotopic (exact) mass is 234 g/mol. The molecule has 0 bridgehead atoms. The van der Waals surface area contributed by atoms with Crippen LogP contribution in [0.2, 0.25) is 0 Å². The Hall–Kier alpha value is -1.53. The minimum absolute atomic E-state index is 0.758. The second-order valence-corrected chi connectivity index (χ2v) is 4.68. The number of nitrogens with zero attached hydrogens (tertiary/aromatic N) is 3. The quantitative estimate of drug-likeness (QED) is 0.657. The fraction of sp³-hybridized carbons (Fsp3) is 0. The van der Waals surface area contributed by atoms with Gasteiger partial charge in [0, 0.05) is 11.1 Å². The van der Waals surface area contributed by atoms with Gasteiger partial charge in [-0.2, -0.15) is 0 Å². The fourth-order valence-corrected chi connectivity index (χ4v) is 2.79. The van der Waals surface area contributed by atoms with Crippen molar-refractivity contribution in [1.82, 2.24) is 14.6 Å². The normalized spacial score (nSPS) is 10.9. The minimum atomic E-state index is 0.758. The summed E-state index contributed by atoms with van der Waals surface area (Å²) in [6.45, 7) is 0. The largest absolute Gasteiger partial charge is 0.399 e. The van der Waals surface area contributed by atoms with Gasteiger partial charge in [0.05, 0.1) is 10.2 Å². The van der Waals surface area contributed by atoms with Crippen LogP contribution < -0.4 is 5.73 Å². The summed E-state index contributed by atoms with van der Waals surface area (Å²) in [7, 11) is 0. The molecule has 2 aromatic heterocycles. The first kappa shape index (κ1) is 8.75. The lowest BCUT2D eigenvalue weighted by atomic mass is 10.3. The van der Waals surface area contributed by atoms with Crippen LogP contribution in [0.15, 0.2) is 23.6 Å². The number of nitrogen functional groups attached to an aromatic ring is 1. The highest BCUT2D eigenvalue weighted by atomic mass is 32.1. The van der Waals surface area contributed by atoms with Gasteiger partial charge < -0.3 is 5.73 Å². The maximum atomic E-state index is 5.70. The van der Waals surface area contributed by atoms with Crippen molar-refractivity contribution in [2.24, 2.45) is 0 Å². The van der Waals surface area contributed by atoms with Gasteiger partial charge in [0.2, 0.25) is 0 Å². The topological polar surface area (TPSA) is 64.7 Å². The van der Waals surface area contributed by atoms with Gasteiger partial charge in [-0.15, -0.1) is 16.4 Å². The molecule has 0 aliphatic heterocycles. The Kier molecular flexibility index (Phi) is 1.90. The maximum absolute atomic E-state index is 5.70. The Morgan fingerprint density at radius 1 is 1.27 bits per heavy atom. The molecule has 0 amide bonds. The number of fused-ring (bicyclic) bond motifs is 1. The molecule has 3 aromatic rings. The molecule has 1 aromatic carbocycles. The van der Waals surface area contributed by atoms with Gasteiger partial charge in [-0.05, 0) is 29.7 Å². The number of benzene rings is 1. The van der Waals surface area contributed by atoms with Gasteiger partial charge in [0.1, 0.15) is 10.7 Å². The molecule has 74 valence electrons. The van der Waals surface area contributed by atoms with Crippen LogP contribution in [0.1, 0.15) is 0 Å². The van der Waals surface area contributed by atoms with Crippen molar-refractivity contribution in [3.8, 4) is 10.7 Å². The van der Waals surface area contributed by atoms with Crippen LogP contribution in [-0.4, -0.2) is 14.6 Å². The molecule has 0 aliphatic carbocycles. The first-order valence-electron chi connectivity index (χ1n) is 4.26. The third-order valence-electron chi connectivity index (χ3n) is 1.99. The third kappa shape index (κ3) is 1.47. The highest BCUT2D eigenvalue weighted by molar-refractivity contribution is 7.21. The lowest BCUT2D eigenvalue weighted by Gasteiger charge is -1.89. The molecule has 0 radical (unpaired) electrons. The summed E-state index contributed by atoms with van der Waals surface area (Å²) in [6, 6.07) is 5.70. The highest BCUT2D eigenvalue weighted by Crippen LogP contribution is 2.30. The Labute approximate surface area is 93.6 Å². The van der Waals surface area contributed by atoms with E-state index in [2.05, 4.69) is 14.6 Å². The van der Waals surface area contributed by atoms with Crippen molar-refractivity contribution in [2.45, 2.75) is 0 Å². The number of anilines is 1. The Morgan fingerprint density at radius 2 is 2.20 bits per heavy atom. The van der Waals surface area contributed by atoms with Crippen molar-refractivity contribution < 1.29 is 0 Å². The van der Waals surface area contributed by atoms with Crippen molar-refractivity contribution in [3.63, 3.8) is 0 Å². The van der Waals surface area contributed by atoms with Gasteiger partial charge in [0.15, 0.2) is 0 Å². The summed E-state index contributed by atoms with van der Waals surface area (Å²) in [5.74, 6) is 0. The molecule has 0 aliphatic rings. The fourth-order valence-electron chi connectivity index (χ4n) is 1.31. The lowest BCUT2D eigenvalue weighted by molar-refractivity contribution is 1.16. The summed E-state index contributed by atoms with van der Waals surface area (Å²) >= 11 is 2.91. The van der Waals surface area contributed by atoms with Crippen LogP contribution in [0.3, 0.4) is 0 Å². The molecule has 15 heavy (non-hydrogen) atoms. The van der Waals surface area contributed by atoms with E-state index in [1.165, 1.54) is 11.5 Å². The average Bonchev–Trinajstić information content (AvgIpc) is 2.84. The van der Waals surface area contributed by atoms with E-state index in [0.29, 0.717) is 0 Å². The zero-order valence-corrected chi connectivity index (χ0v) is 9.18. The molecule has 0 atom stereocenters. The molecular formula is C9H6N4S2. The van der Waals surface area contributed by atoms with Crippen LogP contribution in [0.25, 0.3) is 20.9 Å². The van der Waals surface area contributed by atoms with Gasteiger partial charge in [-0.3, -0.25) is 0 Å². The van der Waals surface area contributed by atoms with Crippen LogP contribution in [0, 0.1) is 0 Å². The zero-order chi connectivity index (χ0) is 10.3. The van der Waals surface area contributed by atoms with E-state index in [0.717, 1.165) is 26.6 Å². The van der Waals surface area contributed by atoms with Gasteiger partial charge in [0.25, 0.3) is 0 Å². The molecule has 0 spiro atoms. The van der Waals surface area contributed by atoms with Crippen LogP contribution in [0.4, 0.5) is 5.69 Å². The second kappa shape index (κ2) is 3.25. The minimum Gasteiger partial charge on any atom is -0.399 e. The predicted octanol–water partition coefficient (Wildman–Crippen LogP) is 2.40. The molecule has 0 unspecified atom stereocenters. The summed E-state index contributed by atoms with van der Waals surface area (Å²) in [5, 5.41) is 6.77. The first-order chi connectivity index (χ1) is 7.33. The number of rotatable bonds is 1. The smallest absolute Gasteiger partial charge is 0.145 e. The van der Waals surface area contributed by atoms with Crippen molar-refractivity contribution in [2.75, 3.05) is 5.73 Å². The van der Waals surface area contributed by atoms with E-state index >= 15 is 0 Å². The standard InChI is InChI=1S/C9H6N4S2/c10-5-1-2-6-8(3-5)15-9(11-6)7-4-14-13-12-7/h1-4H,10H2. The SMILES string of the molecule is Nc1ccc2nc(-c3csnn3)sc2c1. The number of aromatic nitrogens is 3. The molecular weight excluding hydrogens is 228 g/mol.